The van der Waals surface area contributed by atoms with Crippen molar-refractivity contribution in [3.8, 4) is 5.69 Å². The van der Waals surface area contributed by atoms with Crippen molar-refractivity contribution in [2.75, 3.05) is 5.75 Å². The zero-order valence-electron chi connectivity index (χ0n) is 11.7. The topological polar surface area (TPSA) is 68.0 Å². The van der Waals surface area contributed by atoms with Crippen molar-refractivity contribution < 1.29 is 9.90 Å². The van der Waals surface area contributed by atoms with Crippen molar-refractivity contribution in [3.63, 3.8) is 0 Å². The summed E-state index contributed by atoms with van der Waals surface area (Å²) >= 11 is 1.22. The van der Waals surface area contributed by atoms with E-state index in [0.29, 0.717) is 11.1 Å². The second kappa shape index (κ2) is 6.09. The van der Waals surface area contributed by atoms with E-state index in [9.17, 15) is 4.79 Å². The number of carboxylic acid groups (broad SMARTS) is 1. The van der Waals surface area contributed by atoms with Crippen LogP contribution in [0.2, 0.25) is 0 Å². The first kappa shape index (κ1) is 14.6. The molecule has 2 aromatic rings. The molecule has 106 valence electrons. The molecular formula is C14H17N3O2S. The molecule has 0 aliphatic carbocycles. The number of aryl methyl sites for hydroxylation is 1. The molecule has 0 unspecified atom stereocenters. The van der Waals surface area contributed by atoms with Gasteiger partial charge >= 0.3 is 5.97 Å². The summed E-state index contributed by atoms with van der Waals surface area (Å²) in [7, 11) is 0. The number of thioether (sulfide) groups is 1. The summed E-state index contributed by atoms with van der Waals surface area (Å²) in [6.07, 6.45) is 3.55. The predicted octanol–water partition coefficient (Wildman–Crippen LogP) is 2.88. The Morgan fingerprint density at radius 3 is 2.80 bits per heavy atom. The minimum atomic E-state index is -0.849. The molecule has 6 heteroatoms. The Morgan fingerprint density at radius 1 is 1.45 bits per heavy atom. The molecule has 0 radical (unpaired) electrons. The second-order valence-corrected chi connectivity index (χ2v) is 5.69. The van der Waals surface area contributed by atoms with Gasteiger partial charge in [-0.15, -0.1) is 0 Å². The van der Waals surface area contributed by atoms with E-state index in [2.05, 4.69) is 23.8 Å². The Kier molecular flexibility index (Phi) is 4.44. The third-order valence-electron chi connectivity index (χ3n) is 2.89. The molecular weight excluding hydrogens is 274 g/mol. The van der Waals surface area contributed by atoms with Gasteiger partial charge in [0.25, 0.3) is 0 Å². The van der Waals surface area contributed by atoms with Crippen LogP contribution in [0, 0.1) is 6.92 Å². The van der Waals surface area contributed by atoms with Gasteiger partial charge in [-0.3, -0.25) is 14.3 Å². The fraction of sp³-hybridized carbons (Fsp3) is 0.357. The summed E-state index contributed by atoms with van der Waals surface area (Å²) in [4.78, 5) is 19.4. The maximum absolute atomic E-state index is 10.8. The third kappa shape index (κ3) is 3.01. The van der Waals surface area contributed by atoms with Gasteiger partial charge < -0.3 is 5.11 Å². The minimum absolute atomic E-state index is 0.00609. The Bertz CT molecular complexity index is 623. The quantitative estimate of drug-likeness (QED) is 0.858. The smallest absolute Gasteiger partial charge is 0.313 e. The molecule has 0 saturated heterocycles. The number of imidazole rings is 1. The Labute approximate surface area is 122 Å². The van der Waals surface area contributed by atoms with Crippen LogP contribution in [-0.2, 0) is 4.79 Å². The first-order chi connectivity index (χ1) is 9.50. The summed E-state index contributed by atoms with van der Waals surface area (Å²) in [5.41, 5.74) is 2.89. The lowest BCUT2D eigenvalue weighted by Crippen LogP contribution is -2.07. The third-order valence-corrected chi connectivity index (χ3v) is 3.83. The lowest BCUT2D eigenvalue weighted by Gasteiger charge is -2.15. The van der Waals surface area contributed by atoms with Crippen LogP contribution in [0.1, 0.15) is 31.2 Å². The molecule has 0 amide bonds. The van der Waals surface area contributed by atoms with Gasteiger partial charge in [0.15, 0.2) is 5.16 Å². The van der Waals surface area contributed by atoms with E-state index in [0.717, 1.165) is 17.1 Å². The molecule has 2 rings (SSSR count). The van der Waals surface area contributed by atoms with Gasteiger partial charge in [-0.25, -0.2) is 4.98 Å². The van der Waals surface area contributed by atoms with Crippen molar-refractivity contribution in [2.45, 2.75) is 31.8 Å². The van der Waals surface area contributed by atoms with Crippen molar-refractivity contribution in [2.24, 2.45) is 0 Å². The van der Waals surface area contributed by atoms with Crippen LogP contribution >= 0.6 is 11.8 Å². The highest BCUT2D eigenvalue weighted by Crippen LogP contribution is 2.28. The summed E-state index contributed by atoms with van der Waals surface area (Å²) < 4.78 is 2.00. The van der Waals surface area contributed by atoms with Crippen molar-refractivity contribution in [3.05, 3.63) is 35.9 Å². The number of carboxylic acids is 1. The Balaban J connectivity index is 2.50. The Hall–Kier alpha value is -1.82. The maximum atomic E-state index is 10.8. The predicted molar refractivity (Wildman–Crippen MR) is 78.5 cm³/mol. The molecule has 0 bridgehead atoms. The number of pyridine rings is 1. The molecule has 0 saturated carbocycles. The zero-order valence-corrected chi connectivity index (χ0v) is 12.5. The number of nitrogens with zero attached hydrogens (tertiary/aromatic N) is 3. The number of rotatable bonds is 5. The van der Waals surface area contributed by atoms with E-state index >= 15 is 0 Å². The maximum Gasteiger partial charge on any atom is 0.313 e. The number of hydrogen-bond donors (Lipinski definition) is 1. The lowest BCUT2D eigenvalue weighted by molar-refractivity contribution is -0.133. The zero-order chi connectivity index (χ0) is 14.7. The average Bonchev–Trinajstić information content (AvgIpc) is 2.80. The van der Waals surface area contributed by atoms with Gasteiger partial charge in [0.2, 0.25) is 0 Å². The van der Waals surface area contributed by atoms with Crippen LogP contribution in [0.25, 0.3) is 5.69 Å². The van der Waals surface area contributed by atoms with E-state index in [1.807, 2.05) is 23.6 Å². The van der Waals surface area contributed by atoms with E-state index in [1.54, 1.807) is 12.4 Å². The van der Waals surface area contributed by atoms with E-state index in [4.69, 9.17) is 5.11 Å². The van der Waals surface area contributed by atoms with Crippen LogP contribution in [-0.4, -0.2) is 31.4 Å². The summed E-state index contributed by atoms with van der Waals surface area (Å²) in [6, 6.07) is 3.85. The molecule has 0 atom stereocenters. The fourth-order valence-corrected chi connectivity index (χ4v) is 2.65. The van der Waals surface area contributed by atoms with Crippen LogP contribution in [0.5, 0.6) is 0 Å². The highest BCUT2D eigenvalue weighted by Gasteiger charge is 2.17. The van der Waals surface area contributed by atoms with Crippen LogP contribution in [0.4, 0.5) is 0 Å². The molecule has 1 N–H and O–H groups in total. The van der Waals surface area contributed by atoms with Gasteiger partial charge in [-0.1, -0.05) is 25.6 Å². The SMILES string of the molecule is Cc1ncccc1-n1c(C(C)C)cnc1SCC(=O)O. The number of hydrogen-bond acceptors (Lipinski definition) is 4. The highest BCUT2D eigenvalue weighted by molar-refractivity contribution is 7.99. The molecule has 2 heterocycles. The Morgan fingerprint density at radius 2 is 2.20 bits per heavy atom. The summed E-state index contributed by atoms with van der Waals surface area (Å²) in [5, 5.41) is 9.52. The van der Waals surface area contributed by atoms with E-state index in [1.165, 1.54) is 11.8 Å². The molecule has 0 aliphatic heterocycles. The van der Waals surface area contributed by atoms with Crippen LogP contribution < -0.4 is 0 Å². The fourth-order valence-electron chi connectivity index (χ4n) is 1.94. The number of aromatic nitrogens is 3. The van der Waals surface area contributed by atoms with Crippen molar-refractivity contribution in [1.29, 1.82) is 0 Å². The molecule has 20 heavy (non-hydrogen) atoms. The highest BCUT2D eigenvalue weighted by atomic mass is 32.2. The lowest BCUT2D eigenvalue weighted by atomic mass is 10.1. The molecule has 0 aliphatic rings. The van der Waals surface area contributed by atoms with Gasteiger partial charge in [0, 0.05) is 11.9 Å². The standard InChI is InChI=1S/C14H17N3O2S/c1-9(2)12-7-16-14(20-8-13(18)19)17(12)11-5-4-6-15-10(11)3/h4-7,9H,8H2,1-3H3,(H,18,19). The number of carbonyl (C=O) groups is 1. The summed E-state index contributed by atoms with van der Waals surface area (Å²) in [5.74, 6) is -0.562. The van der Waals surface area contributed by atoms with Gasteiger partial charge in [-0.05, 0) is 25.0 Å². The van der Waals surface area contributed by atoms with E-state index in [-0.39, 0.29) is 5.75 Å². The molecule has 0 fully saturated rings. The second-order valence-electron chi connectivity index (χ2n) is 4.75. The summed E-state index contributed by atoms with van der Waals surface area (Å²) in [6.45, 7) is 6.11. The molecule has 5 nitrogen and oxygen atoms in total. The van der Waals surface area contributed by atoms with Crippen molar-refractivity contribution in [1.82, 2.24) is 14.5 Å². The minimum Gasteiger partial charge on any atom is -0.481 e. The van der Waals surface area contributed by atoms with Gasteiger partial charge in [-0.2, -0.15) is 0 Å². The van der Waals surface area contributed by atoms with Crippen LogP contribution in [0.3, 0.4) is 0 Å². The molecule has 2 aromatic heterocycles. The monoisotopic (exact) mass is 291 g/mol. The van der Waals surface area contributed by atoms with Crippen LogP contribution in [0.15, 0.2) is 29.7 Å². The molecule has 0 spiro atoms. The van der Waals surface area contributed by atoms with E-state index < -0.39 is 5.97 Å². The average molecular weight is 291 g/mol. The first-order valence-electron chi connectivity index (χ1n) is 6.35. The normalized spacial score (nSPS) is 11.0. The van der Waals surface area contributed by atoms with Gasteiger partial charge in [0.05, 0.1) is 23.3 Å². The first-order valence-corrected chi connectivity index (χ1v) is 7.33. The number of aliphatic carboxylic acids is 1. The van der Waals surface area contributed by atoms with Crippen molar-refractivity contribution >= 4 is 17.7 Å². The van der Waals surface area contributed by atoms with Gasteiger partial charge in [0.1, 0.15) is 0 Å². The molecule has 0 aromatic carbocycles. The largest absolute Gasteiger partial charge is 0.481 e.